The molecule has 0 saturated heterocycles. The van der Waals surface area contributed by atoms with Crippen molar-refractivity contribution in [2.24, 2.45) is 5.92 Å². The van der Waals surface area contributed by atoms with Gasteiger partial charge < -0.3 is 10.6 Å². The van der Waals surface area contributed by atoms with Crippen molar-refractivity contribution in [1.82, 2.24) is 10.0 Å². The molecule has 1 aromatic carbocycles. The molecule has 3 N–H and O–H groups in total. The van der Waals surface area contributed by atoms with E-state index in [-0.39, 0.29) is 12.2 Å². The van der Waals surface area contributed by atoms with Gasteiger partial charge in [-0.2, -0.15) is 0 Å². The zero-order chi connectivity index (χ0) is 18.8. The van der Waals surface area contributed by atoms with Crippen molar-refractivity contribution >= 4 is 21.6 Å². The van der Waals surface area contributed by atoms with Crippen molar-refractivity contribution in [3.05, 3.63) is 23.8 Å². The number of halogens is 2. The molecule has 1 aliphatic rings. The molecular weight excluding hydrogens is 352 g/mol. The molecule has 1 aromatic rings. The van der Waals surface area contributed by atoms with Crippen LogP contribution in [0.1, 0.15) is 33.6 Å². The van der Waals surface area contributed by atoms with Crippen molar-refractivity contribution < 1.29 is 22.0 Å². The topological polar surface area (TPSA) is 87.3 Å². The molecule has 1 amide bonds. The fourth-order valence-electron chi connectivity index (χ4n) is 2.20. The van der Waals surface area contributed by atoms with Gasteiger partial charge in [-0.1, -0.05) is 0 Å². The summed E-state index contributed by atoms with van der Waals surface area (Å²) in [4.78, 5) is 11.1. The van der Waals surface area contributed by atoms with Crippen LogP contribution in [-0.4, -0.2) is 33.0 Å². The minimum Gasteiger partial charge on any atom is -0.322 e. The fourth-order valence-corrected chi connectivity index (χ4v) is 3.70. The summed E-state index contributed by atoms with van der Waals surface area (Å²) in [5, 5.41) is 5.21. The van der Waals surface area contributed by atoms with Gasteiger partial charge in [-0.15, -0.1) is 0 Å². The largest absolute Gasteiger partial charge is 0.322 e. The lowest BCUT2D eigenvalue weighted by molar-refractivity contribution is -0.115. The van der Waals surface area contributed by atoms with Gasteiger partial charge in [-0.05, 0) is 52.1 Å². The van der Waals surface area contributed by atoms with Crippen LogP contribution < -0.4 is 15.4 Å². The fraction of sp³-hybridized carbons (Fsp3) is 0.562. The Morgan fingerprint density at radius 2 is 1.84 bits per heavy atom. The first-order valence-electron chi connectivity index (χ1n) is 8.01. The van der Waals surface area contributed by atoms with Gasteiger partial charge in [0.25, 0.3) is 0 Å². The second kappa shape index (κ2) is 7.35. The quantitative estimate of drug-likeness (QED) is 0.680. The van der Waals surface area contributed by atoms with Crippen molar-refractivity contribution in [1.29, 1.82) is 0 Å². The summed E-state index contributed by atoms with van der Waals surface area (Å²) in [5.41, 5.74) is -1.22. The lowest BCUT2D eigenvalue weighted by Gasteiger charge is -2.21. The first-order chi connectivity index (χ1) is 11.5. The number of nitrogens with one attached hydrogen (secondary N) is 3. The molecule has 0 unspecified atom stereocenters. The van der Waals surface area contributed by atoms with Gasteiger partial charge >= 0.3 is 0 Å². The molecule has 0 atom stereocenters. The van der Waals surface area contributed by atoms with E-state index >= 15 is 0 Å². The predicted octanol–water partition coefficient (Wildman–Crippen LogP) is 1.98. The summed E-state index contributed by atoms with van der Waals surface area (Å²) in [6.45, 7) is 5.46. The highest BCUT2D eigenvalue weighted by Crippen LogP contribution is 2.27. The van der Waals surface area contributed by atoms with Crippen LogP contribution in [0, 0.1) is 17.6 Å². The maximum atomic E-state index is 14.0. The van der Waals surface area contributed by atoms with E-state index in [0.29, 0.717) is 18.5 Å². The Morgan fingerprint density at radius 1 is 1.20 bits per heavy atom. The molecule has 0 aromatic heterocycles. The highest BCUT2D eigenvalue weighted by atomic mass is 32.2. The van der Waals surface area contributed by atoms with Gasteiger partial charge in [0.15, 0.2) is 0 Å². The zero-order valence-electron chi connectivity index (χ0n) is 14.4. The summed E-state index contributed by atoms with van der Waals surface area (Å²) in [7, 11) is -4.20. The number of rotatable bonds is 7. The molecule has 25 heavy (non-hydrogen) atoms. The molecule has 1 fully saturated rings. The maximum Gasteiger partial charge on any atom is 0.244 e. The van der Waals surface area contributed by atoms with Crippen LogP contribution in [-0.2, 0) is 14.8 Å². The van der Waals surface area contributed by atoms with Gasteiger partial charge in [0.1, 0.15) is 16.5 Å². The molecule has 1 saturated carbocycles. The van der Waals surface area contributed by atoms with Crippen LogP contribution in [0.15, 0.2) is 17.0 Å². The van der Waals surface area contributed by atoms with Gasteiger partial charge in [-0.3, -0.25) is 4.79 Å². The number of anilines is 1. The highest BCUT2D eigenvalue weighted by molar-refractivity contribution is 7.89. The molecule has 9 heteroatoms. The van der Waals surface area contributed by atoms with Gasteiger partial charge in [-0.25, -0.2) is 21.9 Å². The molecule has 1 aliphatic carbocycles. The van der Waals surface area contributed by atoms with Crippen molar-refractivity contribution in [3.63, 3.8) is 0 Å². The van der Waals surface area contributed by atoms with Crippen molar-refractivity contribution in [2.75, 3.05) is 18.4 Å². The van der Waals surface area contributed by atoms with E-state index in [1.165, 1.54) is 0 Å². The number of hydrogen-bond acceptors (Lipinski definition) is 4. The minimum atomic E-state index is -4.20. The smallest absolute Gasteiger partial charge is 0.244 e. The van der Waals surface area contributed by atoms with Crippen molar-refractivity contribution in [2.45, 2.75) is 44.0 Å². The molecule has 140 valence electrons. The van der Waals surface area contributed by atoms with Crippen LogP contribution in [0.2, 0.25) is 0 Å². The monoisotopic (exact) mass is 375 g/mol. The number of sulfonamides is 1. The SMILES string of the molecule is CC(C)(C)NS(=O)(=O)c1cc(NC(=O)CNCC2CC2)c(F)cc1F. The average molecular weight is 375 g/mol. The van der Waals surface area contributed by atoms with Crippen LogP contribution in [0.3, 0.4) is 0 Å². The number of amides is 1. The molecule has 6 nitrogen and oxygen atoms in total. The lowest BCUT2D eigenvalue weighted by atomic mass is 10.1. The third-order valence-electron chi connectivity index (χ3n) is 3.44. The normalized spacial score (nSPS) is 15.2. The van der Waals surface area contributed by atoms with E-state index in [1.54, 1.807) is 20.8 Å². The van der Waals surface area contributed by atoms with E-state index in [1.807, 2.05) is 0 Å². The summed E-state index contributed by atoms with van der Waals surface area (Å²) in [6, 6.07) is 1.24. The lowest BCUT2D eigenvalue weighted by Crippen LogP contribution is -2.40. The van der Waals surface area contributed by atoms with Crippen LogP contribution in [0.25, 0.3) is 0 Å². The number of hydrogen-bond donors (Lipinski definition) is 3. The number of carbonyl (C=O) groups is 1. The van der Waals surface area contributed by atoms with E-state index in [2.05, 4.69) is 15.4 Å². The van der Waals surface area contributed by atoms with Crippen LogP contribution in [0.4, 0.5) is 14.5 Å². The second-order valence-electron chi connectivity index (χ2n) is 7.24. The Hall–Kier alpha value is -1.58. The molecule has 0 radical (unpaired) electrons. The summed E-state index contributed by atoms with van der Waals surface area (Å²) in [5.74, 6) is -2.21. The van der Waals surface area contributed by atoms with Crippen LogP contribution in [0.5, 0.6) is 0 Å². The molecule has 0 heterocycles. The third-order valence-corrected chi connectivity index (χ3v) is 5.21. The Morgan fingerprint density at radius 3 is 2.40 bits per heavy atom. The summed E-state index contributed by atoms with van der Waals surface area (Å²) in [6.07, 6.45) is 2.26. The van der Waals surface area contributed by atoms with E-state index in [4.69, 9.17) is 0 Å². The van der Waals surface area contributed by atoms with E-state index in [9.17, 15) is 22.0 Å². The Labute approximate surface area is 146 Å². The Balaban J connectivity index is 2.14. The predicted molar refractivity (Wildman–Crippen MR) is 90.7 cm³/mol. The number of carbonyl (C=O) groups excluding carboxylic acids is 1. The number of benzene rings is 1. The molecule has 0 spiro atoms. The summed E-state index contributed by atoms with van der Waals surface area (Å²) < 4.78 is 54.7. The van der Waals surface area contributed by atoms with Crippen LogP contribution >= 0.6 is 0 Å². The van der Waals surface area contributed by atoms with Crippen molar-refractivity contribution in [3.8, 4) is 0 Å². The van der Waals surface area contributed by atoms with Gasteiger partial charge in [0, 0.05) is 11.6 Å². The molecular formula is C16H23F2N3O3S. The third kappa shape index (κ3) is 6.02. The zero-order valence-corrected chi connectivity index (χ0v) is 15.3. The molecule has 2 rings (SSSR count). The summed E-state index contributed by atoms with van der Waals surface area (Å²) >= 11 is 0. The van der Waals surface area contributed by atoms with E-state index in [0.717, 1.165) is 18.9 Å². The molecule has 0 aliphatic heterocycles. The Kier molecular flexibility index (Phi) is 5.80. The van der Waals surface area contributed by atoms with Gasteiger partial charge in [0.05, 0.1) is 12.2 Å². The van der Waals surface area contributed by atoms with E-state index < -0.39 is 38.0 Å². The highest BCUT2D eigenvalue weighted by Gasteiger charge is 2.27. The Bertz CT molecular complexity index is 757. The van der Waals surface area contributed by atoms with Gasteiger partial charge in [0.2, 0.25) is 15.9 Å². The average Bonchev–Trinajstić information content (AvgIpc) is 3.23. The second-order valence-corrected chi connectivity index (χ2v) is 8.89. The first-order valence-corrected chi connectivity index (χ1v) is 9.50. The molecule has 0 bridgehead atoms. The first kappa shape index (κ1) is 19.7. The minimum absolute atomic E-state index is 0.0321. The standard InChI is InChI=1S/C16H23F2N3O3S/c1-16(2,3)21-25(23,24)14-7-13(11(17)6-12(14)18)20-15(22)9-19-8-10-4-5-10/h6-7,10,19,21H,4-5,8-9H2,1-3H3,(H,20,22). The maximum absolute atomic E-state index is 14.0.